The van der Waals surface area contributed by atoms with Crippen LogP contribution in [0.25, 0.3) is 0 Å². The molecule has 0 spiro atoms. The second-order valence-corrected chi connectivity index (χ2v) is 6.95. The number of rotatable bonds is 3. The minimum Gasteiger partial charge on any atom is -0.378 e. The quantitative estimate of drug-likeness (QED) is 0.826. The molecule has 2 heterocycles. The van der Waals surface area contributed by atoms with Crippen LogP contribution in [0.2, 0.25) is 0 Å². The first-order chi connectivity index (χ1) is 12.2. The number of aliphatic hydroxyl groups is 1. The smallest absolute Gasteiger partial charge is 0.265 e. The molecule has 3 rings (SSSR count). The molecule has 6 heteroatoms. The molecule has 1 aliphatic rings. The molecule has 0 bridgehead atoms. The highest BCUT2D eigenvalue weighted by molar-refractivity contribution is 5.96. The number of alkyl halides is 2. The Morgan fingerprint density at radius 3 is 2.42 bits per heavy atom. The summed E-state index contributed by atoms with van der Waals surface area (Å²) in [5, 5.41) is 14.1. The molecule has 0 saturated carbocycles. The summed E-state index contributed by atoms with van der Waals surface area (Å²) >= 11 is 0. The summed E-state index contributed by atoms with van der Waals surface area (Å²) < 4.78 is 25.5. The zero-order chi connectivity index (χ0) is 19.1. The van der Waals surface area contributed by atoms with E-state index in [0.29, 0.717) is 0 Å². The summed E-state index contributed by atoms with van der Waals surface area (Å²) in [5.41, 5.74) is -0.883. The molecule has 136 valence electrons. The summed E-state index contributed by atoms with van der Waals surface area (Å²) in [7, 11) is 0. The van der Waals surface area contributed by atoms with Crippen LogP contribution < -0.4 is 5.32 Å². The second-order valence-electron chi connectivity index (χ2n) is 6.95. The Morgan fingerprint density at radius 2 is 1.88 bits per heavy atom. The van der Waals surface area contributed by atoms with Crippen molar-refractivity contribution in [3.63, 3.8) is 0 Å². The van der Waals surface area contributed by atoms with Crippen LogP contribution in [0.5, 0.6) is 0 Å². The van der Waals surface area contributed by atoms with E-state index in [1.54, 1.807) is 6.92 Å². The first-order valence-corrected chi connectivity index (χ1v) is 8.22. The molecule has 2 aromatic rings. The number of pyridine rings is 1. The number of aromatic nitrogens is 1. The lowest BCUT2D eigenvalue weighted by Crippen LogP contribution is -2.56. The Labute approximate surface area is 150 Å². The van der Waals surface area contributed by atoms with Gasteiger partial charge in [0.25, 0.3) is 12.3 Å². The number of aryl methyl sites for hydroxylation is 1. The van der Waals surface area contributed by atoms with Crippen molar-refractivity contribution in [2.45, 2.75) is 37.8 Å². The fraction of sp³-hybridized carbons (Fsp3) is 0.300. The third kappa shape index (κ3) is 3.01. The van der Waals surface area contributed by atoms with Gasteiger partial charge in [0.2, 0.25) is 0 Å². The minimum atomic E-state index is -2.65. The number of nitrogens with zero attached hydrogens (tertiary/aromatic N) is 1. The number of benzene rings is 1. The van der Waals surface area contributed by atoms with Gasteiger partial charge in [-0.25, -0.2) is 8.78 Å². The van der Waals surface area contributed by atoms with E-state index < -0.39 is 23.5 Å². The Bertz CT molecular complexity index is 849. The van der Waals surface area contributed by atoms with Gasteiger partial charge in [0, 0.05) is 23.8 Å². The van der Waals surface area contributed by atoms with Crippen molar-refractivity contribution in [2.24, 2.45) is 0 Å². The molecular weight excluding hydrogens is 338 g/mol. The Kier molecular flexibility index (Phi) is 4.40. The van der Waals surface area contributed by atoms with E-state index in [1.807, 2.05) is 31.2 Å². The van der Waals surface area contributed by atoms with Crippen molar-refractivity contribution in [2.75, 3.05) is 0 Å². The topological polar surface area (TPSA) is 62.2 Å². The first-order valence-electron chi connectivity index (χ1n) is 8.22. The van der Waals surface area contributed by atoms with Gasteiger partial charge in [0.05, 0.1) is 11.2 Å². The molecule has 0 aliphatic carbocycles. The summed E-state index contributed by atoms with van der Waals surface area (Å²) in [4.78, 5) is 16.5. The number of hydrogen-bond acceptors (Lipinski definition) is 3. The maximum atomic E-state index is 12.8. The van der Waals surface area contributed by atoms with Gasteiger partial charge in [-0.05, 0) is 31.5 Å². The van der Waals surface area contributed by atoms with E-state index in [4.69, 9.17) is 0 Å². The largest absolute Gasteiger partial charge is 0.378 e. The van der Waals surface area contributed by atoms with Gasteiger partial charge in [0.1, 0.15) is 5.60 Å². The van der Waals surface area contributed by atoms with Crippen molar-refractivity contribution in [1.82, 2.24) is 10.3 Å². The van der Waals surface area contributed by atoms with Crippen molar-refractivity contribution in [3.05, 3.63) is 77.1 Å². The summed E-state index contributed by atoms with van der Waals surface area (Å²) in [6, 6.07) is 10.1. The van der Waals surface area contributed by atoms with E-state index in [0.717, 1.165) is 17.3 Å². The number of amides is 1. The molecule has 1 saturated heterocycles. The van der Waals surface area contributed by atoms with Crippen LogP contribution in [-0.4, -0.2) is 16.0 Å². The normalized spacial score (nSPS) is 26.1. The van der Waals surface area contributed by atoms with Gasteiger partial charge in [-0.3, -0.25) is 9.78 Å². The number of carbonyl (C=O) groups excluding carboxylic acids is 1. The van der Waals surface area contributed by atoms with Crippen molar-refractivity contribution in [3.8, 4) is 0 Å². The molecular formula is C20H20F2N2O2. The van der Waals surface area contributed by atoms with Crippen LogP contribution >= 0.6 is 0 Å². The van der Waals surface area contributed by atoms with E-state index >= 15 is 0 Å². The van der Waals surface area contributed by atoms with Gasteiger partial charge in [-0.15, -0.1) is 0 Å². The third-order valence-electron chi connectivity index (χ3n) is 4.92. The number of piperidine rings is 1. The highest BCUT2D eigenvalue weighted by atomic mass is 19.3. The maximum Gasteiger partial charge on any atom is 0.265 e. The Balaban J connectivity index is 2.03. The summed E-state index contributed by atoms with van der Waals surface area (Å²) in [6.07, 6.45) is -1.54. The molecule has 1 aromatic heterocycles. The number of halogens is 2. The highest BCUT2D eigenvalue weighted by Crippen LogP contribution is 2.43. The van der Waals surface area contributed by atoms with Crippen LogP contribution in [0.4, 0.5) is 8.78 Å². The molecule has 0 radical (unpaired) electrons. The Hall–Kier alpha value is -2.60. The van der Waals surface area contributed by atoms with Crippen LogP contribution in [0, 0.1) is 6.92 Å². The van der Waals surface area contributed by atoms with Crippen molar-refractivity contribution >= 4 is 5.91 Å². The van der Waals surface area contributed by atoms with E-state index in [-0.39, 0.29) is 23.3 Å². The number of carbonyl (C=O) groups is 1. The fourth-order valence-electron chi connectivity index (χ4n) is 3.30. The number of hydrogen-bond donors (Lipinski definition) is 2. The molecule has 2 atom stereocenters. The lowest BCUT2D eigenvalue weighted by atomic mass is 9.72. The maximum absolute atomic E-state index is 12.8. The average molecular weight is 358 g/mol. The van der Waals surface area contributed by atoms with Crippen LogP contribution in [0.15, 0.2) is 54.7 Å². The van der Waals surface area contributed by atoms with Crippen molar-refractivity contribution < 1.29 is 18.7 Å². The van der Waals surface area contributed by atoms with Gasteiger partial charge in [-0.1, -0.05) is 36.4 Å². The van der Waals surface area contributed by atoms with Crippen LogP contribution in [-0.2, 0) is 15.9 Å². The highest BCUT2D eigenvalue weighted by Gasteiger charge is 2.50. The lowest BCUT2D eigenvalue weighted by molar-refractivity contribution is -0.127. The lowest BCUT2D eigenvalue weighted by Gasteiger charge is -2.44. The Morgan fingerprint density at radius 1 is 1.23 bits per heavy atom. The zero-order valence-electron chi connectivity index (χ0n) is 14.6. The standard InChI is InChI=1S/C20H20F2N2O2/c1-12-4-7-15(8-5-12)19(3)11-20(26,13(2)18(25)24-19)16-9-6-14(10-23-16)17(21)22/h4-10,17,26H,2,11H2,1,3H3,(H,24,25). The second kappa shape index (κ2) is 6.29. The SMILES string of the molecule is C=C1C(=O)NC(C)(c2ccc(C)cc2)CC1(O)c1ccc(C(F)F)cn1. The van der Waals surface area contributed by atoms with Gasteiger partial charge >= 0.3 is 0 Å². The molecule has 1 fully saturated rings. The predicted molar refractivity (Wildman–Crippen MR) is 93.5 cm³/mol. The predicted octanol–water partition coefficient (Wildman–Crippen LogP) is 3.51. The molecule has 2 unspecified atom stereocenters. The van der Waals surface area contributed by atoms with Crippen LogP contribution in [0.3, 0.4) is 0 Å². The molecule has 1 aliphatic heterocycles. The molecule has 26 heavy (non-hydrogen) atoms. The first kappa shape index (κ1) is 18.2. The minimum absolute atomic E-state index is 0.0561. The van der Waals surface area contributed by atoms with Gasteiger partial charge in [0.15, 0.2) is 0 Å². The molecule has 1 aromatic carbocycles. The fourth-order valence-corrected chi connectivity index (χ4v) is 3.30. The molecule has 1 amide bonds. The number of nitrogens with one attached hydrogen (secondary N) is 1. The molecule has 2 N–H and O–H groups in total. The van der Waals surface area contributed by atoms with E-state index in [1.165, 1.54) is 12.1 Å². The van der Waals surface area contributed by atoms with Gasteiger partial charge < -0.3 is 10.4 Å². The third-order valence-corrected chi connectivity index (χ3v) is 4.92. The summed E-state index contributed by atoms with van der Waals surface area (Å²) in [5.74, 6) is -0.499. The molecule has 4 nitrogen and oxygen atoms in total. The van der Waals surface area contributed by atoms with Crippen LogP contribution in [0.1, 0.15) is 42.2 Å². The van der Waals surface area contributed by atoms with Crippen molar-refractivity contribution in [1.29, 1.82) is 0 Å². The van der Waals surface area contributed by atoms with E-state index in [2.05, 4.69) is 16.9 Å². The monoisotopic (exact) mass is 358 g/mol. The van der Waals surface area contributed by atoms with Gasteiger partial charge in [-0.2, -0.15) is 0 Å². The summed E-state index contributed by atoms with van der Waals surface area (Å²) in [6.45, 7) is 7.47. The zero-order valence-corrected chi connectivity index (χ0v) is 14.6. The van der Waals surface area contributed by atoms with E-state index in [9.17, 15) is 18.7 Å². The average Bonchev–Trinajstić information content (AvgIpc) is 2.60.